The lowest BCUT2D eigenvalue weighted by Crippen LogP contribution is -2.05. The maximum Gasteiger partial charge on any atom is 0.104 e. The van der Waals surface area contributed by atoms with Crippen LogP contribution in [0.2, 0.25) is 0 Å². The van der Waals surface area contributed by atoms with Crippen molar-refractivity contribution in [2.45, 2.75) is 0 Å². The van der Waals surface area contributed by atoms with Gasteiger partial charge < -0.3 is 13.7 Å². The number of hydrogen-bond acceptors (Lipinski definition) is 2. The van der Waals surface area contributed by atoms with E-state index >= 15 is 0 Å². The van der Waals surface area contributed by atoms with Gasteiger partial charge in [0.05, 0.1) is 50.7 Å². The fraction of sp³-hybridized carbons (Fsp3) is 0. The van der Waals surface area contributed by atoms with E-state index in [2.05, 4.69) is 286 Å². The van der Waals surface area contributed by atoms with Gasteiger partial charge in [0.2, 0.25) is 0 Å². The maximum atomic E-state index is 12.0. The molecule has 15 rings (SSSR count). The minimum Gasteiger partial charge on any atom is -0.308 e. The summed E-state index contributed by atoms with van der Waals surface area (Å²) in [7, 11) is 0. The molecule has 0 atom stereocenters. The van der Waals surface area contributed by atoms with Gasteiger partial charge in [-0.05, 0) is 141 Å². The van der Waals surface area contributed by atoms with Crippen LogP contribution in [-0.4, -0.2) is 18.7 Å². The highest BCUT2D eigenvalue weighted by molar-refractivity contribution is 6.14. The predicted octanol–water partition coefficient (Wildman–Crippen LogP) is 18.6. The van der Waals surface area contributed by atoms with Crippen molar-refractivity contribution in [3.8, 4) is 78.8 Å². The third kappa shape index (κ3) is 7.19. The normalized spacial score (nSPS) is 11.6. The monoisotopic (exact) mass is 979 g/mol. The second-order valence-electron chi connectivity index (χ2n) is 19.9. The van der Waals surface area contributed by atoms with Gasteiger partial charge in [0.1, 0.15) is 11.6 Å². The van der Waals surface area contributed by atoms with Crippen molar-refractivity contribution in [1.29, 1.82) is 5.26 Å². The predicted molar refractivity (Wildman–Crippen MR) is 319 cm³/mol. The lowest BCUT2D eigenvalue weighted by atomic mass is 9.99. The molecule has 0 aliphatic heterocycles. The summed E-state index contributed by atoms with van der Waals surface area (Å²) in [4.78, 5) is 4.61. The smallest absolute Gasteiger partial charge is 0.104 e. The molecule has 4 aromatic heterocycles. The van der Waals surface area contributed by atoms with Crippen molar-refractivity contribution in [3.63, 3.8) is 0 Å². The number of hydrogen-bond donors (Lipinski definition) is 0. The van der Waals surface area contributed by atoms with Crippen molar-refractivity contribution in [2.75, 3.05) is 0 Å². The van der Waals surface area contributed by atoms with Crippen LogP contribution in [0, 0.1) is 11.3 Å². The third-order valence-corrected chi connectivity index (χ3v) is 15.6. The molecule has 0 N–H and O–H groups in total. The van der Waals surface area contributed by atoms with E-state index in [1.165, 1.54) is 5.39 Å². The summed E-state index contributed by atoms with van der Waals surface area (Å²) in [6, 6.07) is 96.2. The summed E-state index contributed by atoms with van der Waals surface area (Å²) in [5, 5.41) is 18.8. The first-order valence-electron chi connectivity index (χ1n) is 26.1. The van der Waals surface area contributed by atoms with Gasteiger partial charge in [0.25, 0.3) is 0 Å². The fourth-order valence-corrected chi connectivity index (χ4v) is 12.0. The van der Waals surface area contributed by atoms with Crippen LogP contribution in [-0.2, 0) is 0 Å². The van der Waals surface area contributed by atoms with Crippen LogP contribution in [0.5, 0.6) is 0 Å². The lowest BCUT2D eigenvalue weighted by Gasteiger charge is -2.19. The van der Waals surface area contributed by atoms with Crippen LogP contribution in [0.3, 0.4) is 0 Å². The van der Waals surface area contributed by atoms with Gasteiger partial charge in [-0.15, -0.1) is 0 Å². The van der Waals surface area contributed by atoms with E-state index in [4.69, 9.17) is 0 Å². The number of fused-ring (bicyclic) bond motifs is 9. The van der Waals surface area contributed by atoms with Gasteiger partial charge >= 0.3 is 0 Å². The third-order valence-electron chi connectivity index (χ3n) is 15.6. The average molecular weight is 980 g/mol. The van der Waals surface area contributed by atoms with Gasteiger partial charge in [0, 0.05) is 44.2 Å². The minimum atomic E-state index is 0.564. The number of aromatic nitrogens is 4. The van der Waals surface area contributed by atoms with Crippen LogP contribution in [0.25, 0.3) is 138 Å². The SMILES string of the molecule is N#Cc1c(-n2c3ccc(-c4ccccc4)cc3c3cc(-c4ccccc4)ccc32)cc(-c2cccc(-n3c4ccccc4c4ccncc43)c2)cc1-n1c2ccc(-c3ccccc3)cc2c2cc(-c3ccccc3)ccc21. The van der Waals surface area contributed by atoms with Crippen LogP contribution in [0.1, 0.15) is 5.56 Å². The second-order valence-corrected chi connectivity index (χ2v) is 19.9. The molecule has 4 heterocycles. The quantitative estimate of drug-likeness (QED) is 0.152. The van der Waals surface area contributed by atoms with Gasteiger partial charge in [-0.3, -0.25) is 4.98 Å². The van der Waals surface area contributed by atoms with Gasteiger partial charge in [-0.25, -0.2) is 0 Å². The van der Waals surface area contributed by atoms with Gasteiger partial charge in [-0.1, -0.05) is 176 Å². The first-order chi connectivity index (χ1) is 38.1. The van der Waals surface area contributed by atoms with Crippen LogP contribution in [0.4, 0.5) is 0 Å². The molecule has 15 aromatic rings. The largest absolute Gasteiger partial charge is 0.308 e. The zero-order valence-electron chi connectivity index (χ0n) is 41.7. The molecule has 0 bridgehead atoms. The zero-order valence-corrected chi connectivity index (χ0v) is 41.7. The molecule has 0 radical (unpaired) electrons. The minimum absolute atomic E-state index is 0.564. The number of rotatable bonds is 8. The van der Waals surface area contributed by atoms with E-state index < -0.39 is 0 Å². The lowest BCUT2D eigenvalue weighted by molar-refractivity contribution is 1.12. The molecule has 11 aromatic carbocycles. The summed E-state index contributed by atoms with van der Waals surface area (Å²) in [5.74, 6) is 0. The second kappa shape index (κ2) is 17.8. The Kier molecular flexibility index (Phi) is 10.2. The van der Waals surface area contributed by atoms with Crippen molar-refractivity contribution in [2.24, 2.45) is 0 Å². The molecule has 0 aliphatic rings. The van der Waals surface area contributed by atoms with Gasteiger partial charge in [0.15, 0.2) is 0 Å². The van der Waals surface area contributed by atoms with E-state index in [0.717, 1.165) is 133 Å². The summed E-state index contributed by atoms with van der Waals surface area (Å²) in [6.45, 7) is 0. The Hall–Kier alpha value is -10.5. The molecule has 358 valence electrons. The molecule has 0 saturated heterocycles. The Morgan fingerprint density at radius 2 is 0.649 bits per heavy atom. The van der Waals surface area contributed by atoms with E-state index in [1.54, 1.807) is 0 Å². The van der Waals surface area contributed by atoms with Crippen molar-refractivity contribution in [3.05, 3.63) is 279 Å². The maximum absolute atomic E-state index is 12.0. The standard InChI is InChI=1S/C72H45N5/c73-45-64-70(76-66-32-28-52(47-16-5-1-6-17-47)39-60(66)61-40-53(29-33-67(61)76)48-18-7-2-8-19-48)43-56(51-24-15-25-57(38-51)75-65-27-14-13-26-58(65)59-36-37-74-46-72(59)75)44-71(64)77-68-34-30-54(49-20-9-3-10-21-49)41-62(68)63-42-55(31-35-69(63)77)50-22-11-4-12-23-50/h1-44,46H. The summed E-state index contributed by atoms with van der Waals surface area (Å²) in [6.07, 6.45) is 3.83. The molecule has 0 aliphatic carbocycles. The first kappa shape index (κ1) is 44.0. The summed E-state index contributed by atoms with van der Waals surface area (Å²) >= 11 is 0. The number of para-hydroxylation sites is 1. The highest BCUT2D eigenvalue weighted by Gasteiger charge is 2.24. The van der Waals surface area contributed by atoms with Crippen LogP contribution >= 0.6 is 0 Å². The van der Waals surface area contributed by atoms with Crippen molar-refractivity contribution < 1.29 is 0 Å². The van der Waals surface area contributed by atoms with Crippen LogP contribution < -0.4 is 0 Å². The van der Waals surface area contributed by atoms with Gasteiger partial charge in [-0.2, -0.15) is 5.26 Å². The Morgan fingerprint density at radius 1 is 0.273 bits per heavy atom. The Balaban J connectivity index is 1.04. The van der Waals surface area contributed by atoms with E-state index in [-0.39, 0.29) is 0 Å². The Morgan fingerprint density at radius 3 is 1.09 bits per heavy atom. The van der Waals surface area contributed by atoms with E-state index in [1.807, 2.05) is 12.4 Å². The topological polar surface area (TPSA) is 51.5 Å². The van der Waals surface area contributed by atoms with E-state index in [9.17, 15) is 5.26 Å². The summed E-state index contributed by atoms with van der Waals surface area (Å²) in [5.41, 5.74) is 20.5. The number of pyridine rings is 1. The van der Waals surface area contributed by atoms with Crippen molar-refractivity contribution >= 4 is 65.4 Å². The molecular formula is C72H45N5. The number of nitrogens with zero attached hydrogens (tertiary/aromatic N) is 5. The Bertz CT molecular complexity index is 4380. The highest BCUT2D eigenvalue weighted by atomic mass is 15.0. The molecule has 0 unspecified atom stereocenters. The molecule has 0 amide bonds. The molecular weight excluding hydrogens is 935 g/mol. The fourth-order valence-electron chi connectivity index (χ4n) is 12.0. The molecule has 5 nitrogen and oxygen atoms in total. The molecule has 0 fully saturated rings. The highest BCUT2D eigenvalue weighted by Crippen LogP contribution is 2.44. The number of benzene rings is 11. The number of nitriles is 1. The molecule has 5 heteroatoms. The average Bonchev–Trinajstić information content (AvgIpc) is 4.29. The molecule has 77 heavy (non-hydrogen) atoms. The molecule has 0 saturated carbocycles. The van der Waals surface area contributed by atoms with E-state index in [0.29, 0.717) is 5.56 Å². The van der Waals surface area contributed by atoms with Crippen LogP contribution in [0.15, 0.2) is 273 Å². The zero-order chi connectivity index (χ0) is 51.0. The Labute approximate surface area is 444 Å². The molecule has 0 spiro atoms. The summed E-state index contributed by atoms with van der Waals surface area (Å²) < 4.78 is 6.98. The first-order valence-corrected chi connectivity index (χ1v) is 26.1. The van der Waals surface area contributed by atoms with Crippen molar-refractivity contribution in [1.82, 2.24) is 18.7 Å².